The number of anilines is 2. The van der Waals surface area contributed by atoms with Crippen molar-refractivity contribution in [3.8, 4) is 0 Å². The number of aryl methyl sites for hydroxylation is 1. The van der Waals surface area contributed by atoms with Crippen LogP contribution in [0.2, 0.25) is 0 Å². The number of nitrogens with zero attached hydrogens (tertiary/aromatic N) is 1. The molecule has 23 heavy (non-hydrogen) atoms. The van der Waals surface area contributed by atoms with E-state index in [2.05, 4.69) is 31.5 Å². The molecule has 1 amide bonds. The van der Waals surface area contributed by atoms with E-state index in [1.807, 2.05) is 55.5 Å². The summed E-state index contributed by atoms with van der Waals surface area (Å²) in [4.78, 5) is 16.5. The van der Waals surface area contributed by atoms with Gasteiger partial charge in [-0.1, -0.05) is 34.1 Å². The molecular weight excluding hydrogens is 354 g/mol. The van der Waals surface area contributed by atoms with Crippen molar-refractivity contribution in [2.24, 2.45) is 0 Å². The Labute approximate surface area is 143 Å². The van der Waals surface area contributed by atoms with Crippen LogP contribution < -0.4 is 10.6 Å². The summed E-state index contributed by atoms with van der Waals surface area (Å²) in [6, 6.07) is 15.5. The van der Waals surface area contributed by atoms with Crippen LogP contribution in [0.5, 0.6) is 0 Å². The Bertz CT molecular complexity index is 859. The van der Waals surface area contributed by atoms with E-state index in [1.54, 1.807) is 6.20 Å². The van der Waals surface area contributed by atoms with Gasteiger partial charge in [0.25, 0.3) is 0 Å². The molecule has 0 fully saturated rings. The summed E-state index contributed by atoms with van der Waals surface area (Å²) in [5.41, 5.74) is 3.58. The molecule has 0 radical (unpaired) electrons. The largest absolute Gasteiger partial charge is 0.374 e. The van der Waals surface area contributed by atoms with Crippen molar-refractivity contribution >= 4 is 44.1 Å². The molecule has 0 bridgehead atoms. The average molecular weight is 370 g/mol. The Hall–Kier alpha value is -2.40. The van der Waals surface area contributed by atoms with Gasteiger partial charge in [0.1, 0.15) is 0 Å². The fourth-order valence-corrected chi connectivity index (χ4v) is 2.60. The maximum Gasteiger partial charge on any atom is 0.243 e. The number of carbonyl (C=O) groups excluding carboxylic acids is 1. The summed E-state index contributed by atoms with van der Waals surface area (Å²) in [6.07, 6.45) is 1.75. The van der Waals surface area contributed by atoms with Crippen molar-refractivity contribution in [1.29, 1.82) is 0 Å². The number of hydrogen-bond acceptors (Lipinski definition) is 3. The van der Waals surface area contributed by atoms with E-state index in [9.17, 15) is 4.79 Å². The summed E-state index contributed by atoms with van der Waals surface area (Å²) in [5.74, 6) is -0.0975. The number of rotatable bonds is 4. The predicted molar refractivity (Wildman–Crippen MR) is 97.7 cm³/mol. The maximum atomic E-state index is 12.1. The summed E-state index contributed by atoms with van der Waals surface area (Å²) < 4.78 is 1.02. The van der Waals surface area contributed by atoms with Crippen LogP contribution >= 0.6 is 15.9 Å². The van der Waals surface area contributed by atoms with Gasteiger partial charge in [0.15, 0.2) is 0 Å². The first-order valence-electron chi connectivity index (χ1n) is 7.27. The molecule has 3 rings (SSSR count). The maximum absolute atomic E-state index is 12.1. The van der Waals surface area contributed by atoms with Crippen LogP contribution in [0.4, 0.5) is 11.4 Å². The second-order valence-electron chi connectivity index (χ2n) is 5.25. The summed E-state index contributed by atoms with van der Waals surface area (Å²) >= 11 is 3.45. The number of amides is 1. The molecule has 1 heterocycles. The minimum atomic E-state index is -0.0975. The van der Waals surface area contributed by atoms with Crippen LogP contribution in [0.1, 0.15) is 5.56 Å². The van der Waals surface area contributed by atoms with Crippen LogP contribution in [-0.2, 0) is 4.79 Å². The lowest BCUT2D eigenvalue weighted by atomic mass is 10.2. The third-order valence-corrected chi connectivity index (χ3v) is 4.40. The Morgan fingerprint density at radius 3 is 2.83 bits per heavy atom. The van der Waals surface area contributed by atoms with Gasteiger partial charge in [0.05, 0.1) is 17.7 Å². The first-order chi connectivity index (χ1) is 11.1. The molecule has 4 nitrogen and oxygen atoms in total. The molecule has 0 saturated heterocycles. The molecule has 0 aliphatic heterocycles. The van der Waals surface area contributed by atoms with Gasteiger partial charge in [0, 0.05) is 21.7 Å². The third kappa shape index (κ3) is 3.68. The lowest BCUT2D eigenvalue weighted by Gasteiger charge is -2.10. The van der Waals surface area contributed by atoms with Crippen molar-refractivity contribution < 1.29 is 4.79 Å². The van der Waals surface area contributed by atoms with Crippen LogP contribution in [0.3, 0.4) is 0 Å². The molecular formula is C18H16BrN3O. The van der Waals surface area contributed by atoms with Crippen molar-refractivity contribution in [3.05, 3.63) is 64.8 Å². The van der Waals surface area contributed by atoms with E-state index in [-0.39, 0.29) is 12.5 Å². The number of pyridine rings is 1. The quantitative estimate of drug-likeness (QED) is 0.718. The zero-order valence-electron chi connectivity index (χ0n) is 12.6. The second-order valence-corrected chi connectivity index (χ2v) is 6.10. The fourth-order valence-electron chi connectivity index (χ4n) is 2.35. The fraction of sp³-hybridized carbons (Fsp3) is 0.111. The van der Waals surface area contributed by atoms with Crippen molar-refractivity contribution in [2.45, 2.75) is 6.92 Å². The van der Waals surface area contributed by atoms with Crippen molar-refractivity contribution in [1.82, 2.24) is 4.98 Å². The number of hydrogen-bond donors (Lipinski definition) is 2. The lowest BCUT2D eigenvalue weighted by Crippen LogP contribution is -2.21. The number of fused-ring (bicyclic) bond motifs is 1. The third-order valence-electron chi connectivity index (χ3n) is 3.51. The molecule has 0 atom stereocenters. The molecule has 2 N–H and O–H groups in total. The molecule has 2 aromatic carbocycles. The Morgan fingerprint density at radius 1 is 1.17 bits per heavy atom. The smallest absolute Gasteiger partial charge is 0.243 e. The van der Waals surface area contributed by atoms with Crippen LogP contribution in [0.25, 0.3) is 10.9 Å². The van der Waals surface area contributed by atoms with Crippen LogP contribution in [0.15, 0.2) is 59.2 Å². The molecule has 3 aromatic rings. The predicted octanol–water partition coefficient (Wildman–Crippen LogP) is 4.36. The normalized spacial score (nSPS) is 10.5. The zero-order valence-corrected chi connectivity index (χ0v) is 14.2. The minimum Gasteiger partial charge on any atom is -0.374 e. The average Bonchev–Trinajstić information content (AvgIpc) is 2.56. The topological polar surface area (TPSA) is 54.0 Å². The molecule has 0 spiro atoms. The van der Waals surface area contributed by atoms with Gasteiger partial charge < -0.3 is 10.6 Å². The summed E-state index contributed by atoms with van der Waals surface area (Å²) in [6.45, 7) is 2.17. The van der Waals surface area contributed by atoms with E-state index in [0.717, 1.165) is 32.3 Å². The first kappa shape index (κ1) is 15.5. The van der Waals surface area contributed by atoms with Gasteiger partial charge in [0.2, 0.25) is 5.91 Å². The van der Waals surface area contributed by atoms with Gasteiger partial charge in [-0.3, -0.25) is 9.78 Å². The number of nitrogens with one attached hydrogen (secondary N) is 2. The monoisotopic (exact) mass is 369 g/mol. The molecule has 116 valence electrons. The molecule has 0 aliphatic rings. The Balaban J connectivity index is 1.67. The van der Waals surface area contributed by atoms with E-state index < -0.39 is 0 Å². The molecule has 0 aliphatic carbocycles. The molecule has 5 heteroatoms. The standard InChI is InChI=1S/C18H16BrN3O/c1-12-10-14(7-8-15(12)19)22-17(23)11-21-16-6-2-4-13-5-3-9-20-18(13)16/h2-10,21H,11H2,1H3,(H,22,23). The minimum absolute atomic E-state index is 0.0975. The first-order valence-corrected chi connectivity index (χ1v) is 8.06. The van der Waals surface area contributed by atoms with Gasteiger partial charge in [-0.25, -0.2) is 0 Å². The lowest BCUT2D eigenvalue weighted by molar-refractivity contribution is -0.114. The van der Waals surface area contributed by atoms with E-state index in [4.69, 9.17) is 0 Å². The number of benzene rings is 2. The highest BCUT2D eigenvalue weighted by atomic mass is 79.9. The van der Waals surface area contributed by atoms with Gasteiger partial charge in [-0.15, -0.1) is 0 Å². The zero-order chi connectivity index (χ0) is 16.2. The van der Waals surface area contributed by atoms with Crippen LogP contribution in [0, 0.1) is 6.92 Å². The highest BCUT2D eigenvalue weighted by molar-refractivity contribution is 9.10. The van der Waals surface area contributed by atoms with Gasteiger partial charge in [-0.05, 0) is 42.8 Å². The number of halogens is 1. The van der Waals surface area contributed by atoms with Gasteiger partial charge >= 0.3 is 0 Å². The Morgan fingerprint density at radius 2 is 2.00 bits per heavy atom. The van der Waals surface area contributed by atoms with E-state index in [1.165, 1.54) is 0 Å². The number of para-hydroxylation sites is 1. The summed E-state index contributed by atoms with van der Waals surface area (Å²) in [7, 11) is 0. The van der Waals surface area contributed by atoms with Gasteiger partial charge in [-0.2, -0.15) is 0 Å². The van der Waals surface area contributed by atoms with Crippen molar-refractivity contribution in [3.63, 3.8) is 0 Å². The molecule has 0 saturated carbocycles. The highest BCUT2D eigenvalue weighted by Crippen LogP contribution is 2.21. The second kappa shape index (κ2) is 6.79. The highest BCUT2D eigenvalue weighted by Gasteiger charge is 2.06. The van der Waals surface area contributed by atoms with Crippen LogP contribution in [-0.4, -0.2) is 17.4 Å². The van der Waals surface area contributed by atoms with E-state index in [0.29, 0.717) is 0 Å². The number of aromatic nitrogens is 1. The number of carbonyl (C=O) groups is 1. The molecule has 0 unspecified atom stereocenters. The SMILES string of the molecule is Cc1cc(NC(=O)CNc2cccc3cccnc23)ccc1Br. The molecule has 1 aromatic heterocycles. The van der Waals surface area contributed by atoms with E-state index >= 15 is 0 Å². The summed E-state index contributed by atoms with van der Waals surface area (Å²) in [5, 5.41) is 7.08. The van der Waals surface area contributed by atoms with Crippen molar-refractivity contribution in [2.75, 3.05) is 17.2 Å². The Kier molecular flexibility index (Phi) is 4.57.